The van der Waals surface area contributed by atoms with Crippen molar-refractivity contribution in [1.82, 2.24) is 0 Å². The Labute approximate surface area is 146 Å². The van der Waals surface area contributed by atoms with E-state index in [2.05, 4.69) is 17.4 Å². The molecule has 0 fully saturated rings. The maximum atomic E-state index is 12.1. The van der Waals surface area contributed by atoms with Gasteiger partial charge in [0.15, 0.2) is 12.4 Å². The molecular weight excluding hydrogens is 320 g/mol. The fourth-order valence-corrected chi connectivity index (χ4v) is 2.67. The van der Waals surface area contributed by atoms with Gasteiger partial charge < -0.3 is 5.32 Å². The molecule has 0 saturated carbocycles. The van der Waals surface area contributed by atoms with Gasteiger partial charge in [-0.3, -0.25) is 4.79 Å². The van der Waals surface area contributed by atoms with E-state index in [0.717, 1.165) is 6.42 Å². The summed E-state index contributed by atoms with van der Waals surface area (Å²) in [4.78, 5) is 12.1. The molecular formula is C20H18ClN2O+. The van der Waals surface area contributed by atoms with Gasteiger partial charge in [0.05, 0.1) is 0 Å². The van der Waals surface area contributed by atoms with Crippen LogP contribution in [0.25, 0.3) is 0 Å². The summed E-state index contributed by atoms with van der Waals surface area (Å²) in [6, 6.07) is 21.5. The Morgan fingerprint density at radius 3 is 2.33 bits per heavy atom. The molecule has 1 aromatic heterocycles. The Morgan fingerprint density at radius 1 is 0.917 bits per heavy atom. The second-order valence-corrected chi connectivity index (χ2v) is 6.04. The van der Waals surface area contributed by atoms with Crippen LogP contribution in [0.4, 0.5) is 5.69 Å². The monoisotopic (exact) mass is 337 g/mol. The summed E-state index contributed by atoms with van der Waals surface area (Å²) in [6.45, 7) is 0.262. The van der Waals surface area contributed by atoms with Crippen LogP contribution < -0.4 is 9.88 Å². The Morgan fingerprint density at radius 2 is 1.62 bits per heavy atom. The molecule has 3 rings (SSSR count). The van der Waals surface area contributed by atoms with Crippen molar-refractivity contribution in [3.63, 3.8) is 0 Å². The molecule has 0 atom stereocenters. The van der Waals surface area contributed by atoms with Crippen molar-refractivity contribution in [2.45, 2.75) is 13.0 Å². The van der Waals surface area contributed by atoms with Crippen molar-refractivity contribution in [2.24, 2.45) is 0 Å². The maximum absolute atomic E-state index is 12.1. The van der Waals surface area contributed by atoms with Crippen molar-refractivity contribution in [3.8, 4) is 0 Å². The molecule has 1 heterocycles. The molecule has 120 valence electrons. The van der Waals surface area contributed by atoms with Crippen molar-refractivity contribution in [1.29, 1.82) is 0 Å². The molecule has 0 aliphatic carbocycles. The van der Waals surface area contributed by atoms with Crippen LogP contribution in [0.2, 0.25) is 5.02 Å². The first-order valence-electron chi connectivity index (χ1n) is 7.76. The zero-order valence-electron chi connectivity index (χ0n) is 13.2. The molecule has 3 aromatic rings. The van der Waals surface area contributed by atoms with E-state index in [4.69, 9.17) is 11.6 Å². The number of anilines is 1. The molecule has 0 unspecified atom stereocenters. The van der Waals surface area contributed by atoms with Crippen LogP contribution in [0.3, 0.4) is 0 Å². The number of benzene rings is 2. The SMILES string of the molecule is O=C(C[n+]1ccc(Cc2ccccc2)cc1)Nc1cccc(Cl)c1. The minimum atomic E-state index is -0.0851. The third-order valence-corrected chi connectivity index (χ3v) is 3.88. The average Bonchev–Trinajstić information content (AvgIpc) is 2.57. The highest BCUT2D eigenvalue weighted by molar-refractivity contribution is 6.30. The van der Waals surface area contributed by atoms with Gasteiger partial charge in [-0.05, 0) is 35.7 Å². The molecule has 3 nitrogen and oxygen atoms in total. The summed E-state index contributed by atoms with van der Waals surface area (Å²) in [7, 11) is 0. The fourth-order valence-electron chi connectivity index (χ4n) is 2.48. The summed E-state index contributed by atoms with van der Waals surface area (Å²) < 4.78 is 1.86. The summed E-state index contributed by atoms with van der Waals surface area (Å²) >= 11 is 5.92. The van der Waals surface area contributed by atoms with Crippen LogP contribution in [-0.2, 0) is 17.8 Å². The number of hydrogen-bond donors (Lipinski definition) is 1. The number of amides is 1. The number of hydrogen-bond acceptors (Lipinski definition) is 1. The maximum Gasteiger partial charge on any atom is 0.290 e. The van der Waals surface area contributed by atoms with E-state index in [1.165, 1.54) is 11.1 Å². The molecule has 2 aromatic carbocycles. The van der Waals surface area contributed by atoms with Crippen LogP contribution in [0.1, 0.15) is 11.1 Å². The first-order chi connectivity index (χ1) is 11.7. The van der Waals surface area contributed by atoms with E-state index in [-0.39, 0.29) is 12.5 Å². The van der Waals surface area contributed by atoms with Gasteiger partial charge in [0.25, 0.3) is 5.91 Å². The van der Waals surface area contributed by atoms with Crippen molar-refractivity contribution >= 4 is 23.2 Å². The van der Waals surface area contributed by atoms with Gasteiger partial charge in [0, 0.05) is 22.8 Å². The van der Waals surface area contributed by atoms with E-state index >= 15 is 0 Å². The molecule has 1 amide bonds. The Balaban J connectivity index is 1.58. The molecule has 24 heavy (non-hydrogen) atoms. The van der Waals surface area contributed by atoms with Crippen molar-refractivity contribution in [3.05, 3.63) is 95.3 Å². The summed E-state index contributed by atoms with van der Waals surface area (Å²) in [5.74, 6) is -0.0851. The van der Waals surface area contributed by atoms with Crippen LogP contribution in [0, 0.1) is 0 Å². The van der Waals surface area contributed by atoms with Crippen molar-refractivity contribution < 1.29 is 9.36 Å². The topological polar surface area (TPSA) is 33.0 Å². The molecule has 4 heteroatoms. The quantitative estimate of drug-likeness (QED) is 0.705. The predicted molar refractivity (Wildman–Crippen MR) is 96.0 cm³/mol. The highest BCUT2D eigenvalue weighted by Crippen LogP contribution is 2.14. The van der Waals surface area contributed by atoms with Gasteiger partial charge in [-0.15, -0.1) is 0 Å². The molecule has 0 saturated heterocycles. The normalized spacial score (nSPS) is 10.4. The zero-order chi connectivity index (χ0) is 16.8. The Hall–Kier alpha value is -2.65. The molecule has 0 aliphatic heterocycles. The molecule has 0 aliphatic rings. The van der Waals surface area contributed by atoms with Crippen LogP contribution in [-0.4, -0.2) is 5.91 Å². The number of pyridine rings is 1. The largest absolute Gasteiger partial charge is 0.321 e. The standard InChI is InChI=1S/C20H17ClN2O/c21-18-7-4-8-19(14-18)22-20(24)15-23-11-9-17(10-12-23)13-16-5-2-1-3-6-16/h1-12,14H,13,15H2/p+1. The lowest BCUT2D eigenvalue weighted by molar-refractivity contribution is -0.684. The smallest absolute Gasteiger partial charge is 0.290 e. The number of rotatable bonds is 5. The van der Waals surface area contributed by atoms with Gasteiger partial charge in [-0.25, -0.2) is 0 Å². The number of aromatic nitrogens is 1. The lowest BCUT2D eigenvalue weighted by Crippen LogP contribution is -2.39. The second kappa shape index (κ2) is 7.75. The zero-order valence-corrected chi connectivity index (χ0v) is 13.9. The van der Waals surface area contributed by atoms with E-state index in [0.29, 0.717) is 10.7 Å². The number of halogens is 1. The summed E-state index contributed by atoms with van der Waals surface area (Å²) in [5, 5.41) is 3.44. The first-order valence-corrected chi connectivity index (χ1v) is 8.14. The number of nitrogens with one attached hydrogen (secondary N) is 1. The van der Waals surface area contributed by atoms with Gasteiger partial charge in [-0.2, -0.15) is 4.57 Å². The van der Waals surface area contributed by atoms with Crippen molar-refractivity contribution in [2.75, 3.05) is 5.32 Å². The number of nitrogens with zero attached hydrogens (tertiary/aromatic N) is 1. The predicted octanol–water partition coefficient (Wildman–Crippen LogP) is 3.86. The lowest BCUT2D eigenvalue weighted by Gasteiger charge is -2.04. The average molecular weight is 338 g/mol. The molecule has 0 spiro atoms. The van der Waals surface area contributed by atoms with E-state index in [9.17, 15) is 4.79 Å². The molecule has 0 bridgehead atoms. The third kappa shape index (κ3) is 4.67. The Bertz CT molecular complexity index is 817. The summed E-state index contributed by atoms with van der Waals surface area (Å²) in [6.07, 6.45) is 4.74. The second-order valence-electron chi connectivity index (χ2n) is 5.60. The number of carbonyl (C=O) groups excluding carboxylic acids is 1. The minimum Gasteiger partial charge on any atom is -0.321 e. The van der Waals surface area contributed by atoms with Gasteiger partial charge in [0.1, 0.15) is 0 Å². The lowest BCUT2D eigenvalue weighted by atomic mass is 10.1. The van der Waals surface area contributed by atoms with Gasteiger partial charge in [-0.1, -0.05) is 48.0 Å². The first kappa shape index (κ1) is 16.2. The highest BCUT2D eigenvalue weighted by atomic mass is 35.5. The Kier molecular flexibility index (Phi) is 5.24. The van der Waals surface area contributed by atoms with Gasteiger partial charge >= 0.3 is 0 Å². The van der Waals surface area contributed by atoms with Crippen LogP contribution in [0.5, 0.6) is 0 Å². The van der Waals surface area contributed by atoms with E-state index in [1.54, 1.807) is 12.1 Å². The fraction of sp³-hybridized carbons (Fsp3) is 0.100. The van der Waals surface area contributed by atoms with Gasteiger partial charge in [0.2, 0.25) is 6.54 Å². The van der Waals surface area contributed by atoms with Crippen LogP contribution in [0.15, 0.2) is 79.1 Å². The highest BCUT2D eigenvalue weighted by Gasteiger charge is 2.10. The number of carbonyl (C=O) groups is 1. The third-order valence-electron chi connectivity index (χ3n) is 3.65. The minimum absolute atomic E-state index is 0.0851. The molecule has 0 radical (unpaired) electrons. The summed E-state index contributed by atoms with van der Waals surface area (Å²) in [5.41, 5.74) is 3.19. The van der Waals surface area contributed by atoms with E-state index < -0.39 is 0 Å². The van der Waals surface area contributed by atoms with Crippen LogP contribution >= 0.6 is 11.6 Å². The molecule has 1 N–H and O–H groups in total. The van der Waals surface area contributed by atoms with E-state index in [1.807, 2.05) is 59.4 Å².